The standard InChI is InChI=1S/C10H14FN/c1-8-4-3-5-9(10(8)11)6-7-12-2/h3-5,12H,6-7H2,1-2H3. The average Bonchev–Trinajstić information content (AvgIpc) is 2.08. The van der Waals surface area contributed by atoms with E-state index in [1.807, 2.05) is 19.2 Å². The summed E-state index contributed by atoms with van der Waals surface area (Å²) in [5, 5.41) is 3.00. The van der Waals surface area contributed by atoms with Gasteiger partial charge in [-0.2, -0.15) is 0 Å². The van der Waals surface area contributed by atoms with Crippen molar-refractivity contribution < 1.29 is 4.39 Å². The van der Waals surface area contributed by atoms with E-state index in [1.54, 1.807) is 13.0 Å². The summed E-state index contributed by atoms with van der Waals surface area (Å²) in [4.78, 5) is 0. The molecule has 0 atom stereocenters. The van der Waals surface area contributed by atoms with E-state index in [2.05, 4.69) is 5.32 Å². The van der Waals surface area contributed by atoms with Crippen molar-refractivity contribution in [2.75, 3.05) is 13.6 Å². The molecule has 12 heavy (non-hydrogen) atoms. The van der Waals surface area contributed by atoms with Crippen LogP contribution in [0.5, 0.6) is 0 Å². The Balaban J connectivity index is 2.78. The molecule has 0 radical (unpaired) electrons. The van der Waals surface area contributed by atoms with Gasteiger partial charge in [-0.05, 0) is 38.1 Å². The van der Waals surface area contributed by atoms with Crippen LogP contribution in [0.25, 0.3) is 0 Å². The lowest BCUT2D eigenvalue weighted by molar-refractivity contribution is 0.596. The molecule has 0 aliphatic rings. The number of halogens is 1. The summed E-state index contributed by atoms with van der Waals surface area (Å²) in [6, 6.07) is 5.52. The number of hydrogen-bond donors (Lipinski definition) is 1. The predicted octanol–water partition coefficient (Wildman–Crippen LogP) is 1.90. The molecule has 0 aromatic heterocycles. The Bertz CT molecular complexity index is 258. The lowest BCUT2D eigenvalue weighted by Crippen LogP contribution is -2.11. The van der Waals surface area contributed by atoms with E-state index in [1.165, 1.54) is 0 Å². The van der Waals surface area contributed by atoms with Gasteiger partial charge in [0.2, 0.25) is 0 Å². The first-order valence-corrected chi connectivity index (χ1v) is 4.14. The van der Waals surface area contributed by atoms with Crippen molar-refractivity contribution in [1.29, 1.82) is 0 Å². The molecule has 1 N–H and O–H groups in total. The summed E-state index contributed by atoms with van der Waals surface area (Å²) in [7, 11) is 1.87. The summed E-state index contributed by atoms with van der Waals surface area (Å²) >= 11 is 0. The van der Waals surface area contributed by atoms with Gasteiger partial charge in [-0.25, -0.2) is 4.39 Å². The van der Waals surface area contributed by atoms with Gasteiger partial charge in [0.25, 0.3) is 0 Å². The van der Waals surface area contributed by atoms with E-state index in [9.17, 15) is 4.39 Å². The van der Waals surface area contributed by atoms with Gasteiger partial charge in [0.1, 0.15) is 5.82 Å². The molecule has 0 unspecified atom stereocenters. The van der Waals surface area contributed by atoms with E-state index in [0.717, 1.165) is 24.1 Å². The van der Waals surface area contributed by atoms with Gasteiger partial charge >= 0.3 is 0 Å². The molecule has 0 fully saturated rings. The maximum absolute atomic E-state index is 13.3. The van der Waals surface area contributed by atoms with Gasteiger partial charge in [-0.15, -0.1) is 0 Å². The molecule has 0 aliphatic heterocycles. The number of benzene rings is 1. The summed E-state index contributed by atoms with van der Waals surface area (Å²) in [5.74, 6) is -0.0623. The molecule has 2 heteroatoms. The maximum atomic E-state index is 13.3. The monoisotopic (exact) mass is 167 g/mol. The van der Waals surface area contributed by atoms with Gasteiger partial charge in [-0.1, -0.05) is 18.2 Å². The molecule has 1 nitrogen and oxygen atoms in total. The molecular weight excluding hydrogens is 153 g/mol. The van der Waals surface area contributed by atoms with Crippen molar-refractivity contribution in [2.45, 2.75) is 13.3 Å². The minimum Gasteiger partial charge on any atom is -0.319 e. The fraction of sp³-hybridized carbons (Fsp3) is 0.400. The first-order valence-electron chi connectivity index (χ1n) is 4.14. The molecule has 1 aromatic carbocycles. The molecule has 0 heterocycles. The predicted molar refractivity (Wildman–Crippen MR) is 48.8 cm³/mol. The third kappa shape index (κ3) is 2.05. The molecule has 66 valence electrons. The van der Waals surface area contributed by atoms with Gasteiger partial charge in [0, 0.05) is 0 Å². The van der Waals surface area contributed by atoms with Crippen molar-refractivity contribution in [3.05, 3.63) is 35.1 Å². The third-order valence-corrected chi connectivity index (χ3v) is 1.92. The van der Waals surface area contributed by atoms with Gasteiger partial charge in [-0.3, -0.25) is 0 Å². The Labute approximate surface area is 72.6 Å². The molecule has 0 bridgehead atoms. The number of hydrogen-bond acceptors (Lipinski definition) is 1. The number of nitrogens with one attached hydrogen (secondary N) is 1. The summed E-state index contributed by atoms with van der Waals surface area (Å²) in [5.41, 5.74) is 1.52. The van der Waals surface area contributed by atoms with Crippen molar-refractivity contribution in [2.24, 2.45) is 0 Å². The van der Waals surface area contributed by atoms with Gasteiger partial charge in [0.05, 0.1) is 0 Å². The highest BCUT2D eigenvalue weighted by Crippen LogP contribution is 2.11. The van der Waals surface area contributed by atoms with Crippen LogP contribution in [-0.4, -0.2) is 13.6 Å². The van der Waals surface area contributed by atoms with Crippen LogP contribution in [0, 0.1) is 12.7 Å². The van der Waals surface area contributed by atoms with Crippen molar-refractivity contribution in [3.63, 3.8) is 0 Å². The summed E-state index contributed by atoms with van der Waals surface area (Å²) in [6.45, 7) is 2.61. The molecule has 0 spiro atoms. The van der Waals surface area contributed by atoms with Crippen molar-refractivity contribution >= 4 is 0 Å². The molecule has 0 saturated carbocycles. The van der Waals surface area contributed by atoms with Crippen LogP contribution in [-0.2, 0) is 6.42 Å². The van der Waals surface area contributed by atoms with Crippen LogP contribution in [0.1, 0.15) is 11.1 Å². The summed E-state index contributed by atoms with van der Waals surface area (Å²) in [6.07, 6.45) is 0.754. The number of rotatable bonds is 3. The minimum absolute atomic E-state index is 0.0623. The molecule has 0 saturated heterocycles. The molecule has 0 aliphatic carbocycles. The average molecular weight is 167 g/mol. The first kappa shape index (κ1) is 9.20. The van der Waals surface area contributed by atoms with Crippen LogP contribution in [0.3, 0.4) is 0 Å². The lowest BCUT2D eigenvalue weighted by atomic mass is 10.1. The fourth-order valence-electron chi connectivity index (χ4n) is 1.16. The highest BCUT2D eigenvalue weighted by atomic mass is 19.1. The zero-order valence-electron chi connectivity index (χ0n) is 7.52. The molecule has 1 rings (SSSR count). The van der Waals surface area contributed by atoms with Gasteiger partial charge in [0.15, 0.2) is 0 Å². The van der Waals surface area contributed by atoms with Crippen molar-refractivity contribution in [3.8, 4) is 0 Å². The lowest BCUT2D eigenvalue weighted by Gasteiger charge is -2.04. The van der Waals surface area contributed by atoms with E-state index < -0.39 is 0 Å². The Morgan fingerprint density at radius 1 is 1.42 bits per heavy atom. The Morgan fingerprint density at radius 2 is 2.17 bits per heavy atom. The van der Waals surface area contributed by atoms with Crippen LogP contribution in [0.2, 0.25) is 0 Å². The van der Waals surface area contributed by atoms with Crippen LogP contribution >= 0.6 is 0 Å². The zero-order valence-corrected chi connectivity index (χ0v) is 7.52. The molecular formula is C10H14FN. The fourth-order valence-corrected chi connectivity index (χ4v) is 1.16. The van der Waals surface area contributed by atoms with Crippen molar-refractivity contribution in [1.82, 2.24) is 5.32 Å². The smallest absolute Gasteiger partial charge is 0.129 e. The highest BCUT2D eigenvalue weighted by Gasteiger charge is 2.02. The summed E-state index contributed by atoms with van der Waals surface area (Å²) < 4.78 is 13.3. The molecule has 1 aromatic rings. The normalized spacial score (nSPS) is 10.2. The second-order valence-electron chi connectivity index (χ2n) is 2.90. The second kappa shape index (κ2) is 4.21. The number of likely N-dealkylation sites (N-methyl/N-ethyl adjacent to an activating group) is 1. The third-order valence-electron chi connectivity index (χ3n) is 1.92. The van der Waals surface area contributed by atoms with Crippen LogP contribution < -0.4 is 5.32 Å². The Hall–Kier alpha value is -0.890. The van der Waals surface area contributed by atoms with E-state index in [0.29, 0.717) is 0 Å². The quantitative estimate of drug-likeness (QED) is 0.725. The Kier molecular flexibility index (Phi) is 3.23. The number of aryl methyl sites for hydroxylation is 1. The van der Waals surface area contributed by atoms with E-state index in [-0.39, 0.29) is 5.82 Å². The SMILES string of the molecule is CNCCc1cccc(C)c1F. The van der Waals surface area contributed by atoms with Gasteiger partial charge < -0.3 is 5.32 Å². The second-order valence-corrected chi connectivity index (χ2v) is 2.90. The highest BCUT2D eigenvalue weighted by molar-refractivity contribution is 5.24. The largest absolute Gasteiger partial charge is 0.319 e. The molecule has 0 amide bonds. The van der Waals surface area contributed by atoms with E-state index >= 15 is 0 Å². The Morgan fingerprint density at radius 3 is 2.83 bits per heavy atom. The first-order chi connectivity index (χ1) is 5.75. The maximum Gasteiger partial charge on any atom is 0.129 e. The zero-order chi connectivity index (χ0) is 8.97. The van der Waals surface area contributed by atoms with Crippen LogP contribution in [0.15, 0.2) is 18.2 Å². The minimum atomic E-state index is -0.0623. The topological polar surface area (TPSA) is 12.0 Å². The van der Waals surface area contributed by atoms with Crippen LogP contribution in [0.4, 0.5) is 4.39 Å². The van der Waals surface area contributed by atoms with E-state index in [4.69, 9.17) is 0 Å².